The lowest BCUT2D eigenvalue weighted by Gasteiger charge is -2.40. The van der Waals surface area contributed by atoms with Gasteiger partial charge in [-0.25, -0.2) is 9.78 Å². The molecule has 0 unspecified atom stereocenters. The van der Waals surface area contributed by atoms with Crippen LogP contribution in [0.2, 0.25) is 5.02 Å². The molecule has 2 aromatic heterocycles. The van der Waals surface area contributed by atoms with Crippen LogP contribution in [0.15, 0.2) is 65.4 Å². The fourth-order valence-corrected chi connectivity index (χ4v) is 5.66. The number of thiazole rings is 1. The number of hydrogen-bond donors (Lipinski definition) is 3. The van der Waals surface area contributed by atoms with E-state index in [1.165, 1.54) is 37.7 Å². The van der Waals surface area contributed by atoms with Crippen molar-refractivity contribution < 1.29 is 43.5 Å². The summed E-state index contributed by atoms with van der Waals surface area (Å²) in [7, 11) is 2.93. The normalized spacial score (nSPS) is 22.3. The number of ether oxygens (including phenoxy) is 4. The summed E-state index contributed by atoms with van der Waals surface area (Å²) < 4.78 is 27.2. The van der Waals surface area contributed by atoms with Crippen molar-refractivity contribution in [2.24, 2.45) is 0 Å². The van der Waals surface area contributed by atoms with E-state index in [0.29, 0.717) is 28.5 Å². The molecule has 5 rings (SSSR count). The van der Waals surface area contributed by atoms with Gasteiger partial charge >= 0.3 is 5.97 Å². The molecular formula is C29H28ClNO9S. The molecule has 3 heterocycles. The quantitative estimate of drug-likeness (QED) is 0.241. The molecule has 0 saturated carbocycles. The molecule has 1 aliphatic heterocycles. The van der Waals surface area contributed by atoms with Crippen molar-refractivity contribution in [1.82, 2.24) is 4.98 Å². The van der Waals surface area contributed by atoms with E-state index in [9.17, 15) is 20.1 Å². The molecule has 0 aliphatic carbocycles. The SMILES string of the molecule is COc1ccc(C(=O)OC[C@H]2O[C@@H](c3ccc(Cl)c(Cc4ncc(-c5ccco5)s4)c3)[C@H](O)[C@@H](O)[C@@H]2O)cc1OC. The first-order chi connectivity index (χ1) is 19.8. The van der Waals surface area contributed by atoms with Crippen LogP contribution in [0.25, 0.3) is 10.6 Å². The second kappa shape index (κ2) is 12.6. The van der Waals surface area contributed by atoms with E-state index in [1.54, 1.807) is 42.8 Å². The second-order valence-electron chi connectivity index (χ2n) is 9.36. The summed E-state index contributed by atoms with van der Waals surface area (Å²) in [5, 5.41) is 33.3. The number of esters is 1. The molecule has 1 fully saturated rings. The van der Waals surface area contributed by atoms with Crippen LogP contribution in [0.3, 0.4) is 0 Å². The lowest BCUT2D eigenvalue weighted by Crippen LogP contribution is -2.55. The molecule has 4 aromatic rings. The Balaban J connectivity index is 1.30. The molecule has 1 aliphatic rings. The Kier molecular flexibility index (Phi) is 8.93. The van der Waals surface area contributed by atoms with Gasteiger partial charge in [0.05, 0.1) is 35.9 Å². The number of rotatable bonds is 9. The Hall–Kier alpha value is -3.45. The zero-order valence-electron chi connectivity index (χ0n) is 22.1. The van der Waals surface area contributed by atoms with Gasteiger partial charge in [-0.2, -0.15) is 0 Å². The molecule has 41 heavy (non-hydrogen) atoms. The second-order valence-corrected chi connectivity index (χ2v) is 10.9. The van der Waals surface area contributed by atoms with Gasteiger partial charge in [0.25, 0.3) is 0 Å². The standard InChI is InChI=1S/C29H28ClNO9S/c1-36-19-8-6-16(11-21(19)37-2)29(35)39-14-22-25(32)26(33)27(34)28(40-22)15-5-7-18(30)17(10-15)12-24-31-13-23(41-24)20-4-3-9-38-20/h3-11,13,22,25-28,32-34H,12,14H2,1-2H3/t22-,25-,26+,27-,28+/m1/s1. The monoisotopic (exact) mass is 601 g/mol. The first-order valence-electron chi connectivity index (χ1n) is 12.6. The Morgan fingerprint density at radius 1 is 1.02 bits per heavy atom. The maximum atomic E-state index is 12.7. The van der Waals surface area contributed by atoms with Gasteiger partial charge in [-0.15, -0.1) is 11.3 Å². The number of benzene rings is 2. The van der Waals surface area contributed by atoms with Crippen molar-refractivity contribution in [1.29, 1.82) is 0 Å². The molecule has 5 atom stereocenters. The van der Waals surface area contributed by atoms with E-state index in [4.69, 9.17) is 35.0 Å². The summed E-state index contributed by atoms with van der Waals surface area (Å²) in [5.74, 6) is 0.830. The lowest BCUT2D eigenvalue weighted by atomic mass is 9.90. The average molecular weight is 602 g/mol. The third kappa shape index (κ3) is 6.25. The highest BCUT2D eigenvalue weighted by Crippen LogP contribution is 2.36. The fraction of sp³-hybridized carbons (Fsp3) is 0.310. The highest BCUT2D eigenvalue weighted by Gasteiger charge is 2.44. The zero-order chi connectivity index (χ0) is 29.1. The first kappa shape index (κ1) is 29.1. The van der Waals surface area contributed by atoms with Gasteiger partial charge in [0.1, 0.15) is 42.9 Å². The number of halogens is 1. The average Bonchev–Trinajstić information content (AvgIpc) is 3.69. The fourth-order valence-electron chi connectivity index (χ4n) is 4.56. The molecule has 0 bridgehead atoms. The number of hydrogen-bond acceptors (Lipinski definition) is 11. The van der Waals surface area contributed by atoms with Crippen LogP contribution in [-0.2, 0) is 15.9 Å². The number of aliphatic hydroxyl groups is 3. The van der Waals surface area contributed by atoms with Gasteiger partial charge in [-0.05, 0) is 47.5 Å². The summed E-state index contributed by atoms with van der Waals surface area (Å²) in [6, 6.07) is 13.3. The van der Waals surface area contributed by atoms with Gasteiger partial charge in [0.15, 0.2) is 11.5 Å². The largest absolute Gasteiger partial charge is 0.493 e. The summed E-state index contributed by atoms with van der Waals surface area (Å²) >= 11 is 7.95. The van der Waals surface area contributed by atoms with Crippen molar-refractivity contribution in [2.45, 2.75) is 36.9 Å². The first-order valence-corrected chi connectivity index (χ1v) is 13.8. The maximum Gasteiger partial charge on any atom is 0.338 e. The molecule has 10 nitrogen and oxygen atoms in total. The van der Waals surface area contributed by atoms with Gasteiger partial charge in [0.2, 0.25) is 0 Å². The van der Waals surface area contributed by atoms with Gasteiger partial charge in [0, 0.05) is 17.6 Å². The number of aliphatic hydroxyl groups excluding tert-OH is 3. The minimum atomic E-state index is -1.55. The molecule has 1 saturated heterocycles. The highest BCUT2D eigenvalue weighted by molar-refractivity contribution is 7.15. The van der Waals surface area contributed by atoms with E-state index in [0.717, 1.165) is 21.2 Å². The topological polar surface area (TPSA) is 141 Å². The summed E-state index contributed by atoms with van der Waals surface area (Å²) in [6.45, 7) is -0.371. The summed E-state index contributed by atoms with van der Waals surface area (Å²) in [4.78, 5) is 18.0. The van der Waals surface area contributed by atoms with Gasteiger partial charge < -0.3 is 38.7 Å². The van der Waals surface area contributed by atoms with Crippen LogP contribution < -0.4 is 9.47 Å². The number of methoxy groups -OCH3 is 2. The Labute approximate surface area is 244 Å². The van der Waals surface area contributed by atoms with E-state index >= 15 is 0 Å². The summed E-state index contributed by atoms with van der Waals surface area (Å²) in [6.07, 6.45) is -2.88. The van der Waals surface area contributed by atoms with Crippen LogP contribution in [0.5, 0.6) is 11.5 Å². The molecule has 216 valence electrons. The van der Waals surface area contributed by atoms with Gasteiger partial charge in [-0.3, -0.25) is 0 Å². The third-order valence-corrected chi connectivity index (χ3v) is 8.15. The number of furan rings is 1. The molecular weight excluding hydrogens is 574 g/mol. The molecule has 0 spiro atoms. The van der Waals surface area contributed by atoms with Crippen molar-refractivity contribution in [2.75, 3.05) is 20.8 Å². The molecule has 12 heteroatoms. The van der Waals surface area contributed by atoms with Crippen LogP contribution in [-0.4, -0.2) is 71.5 Å². The third-order valence-electron chi connectivity index (χ3n) is 6.77. The molecule has 3 N–H and O–H groups in total. The van der Waals surface area contributed by atoms with E-state index in [2.05, 4.69) is 4.98 Å². The minimum absolute atomic E-state index is 0.199. The van der Waals surface area contributed by atoms with Gasteiger partial charge in [-0.1, -0.05) is 23.7 Å². The Morgan fingerprint density at radius 3 is 2.56 bits per heavy atom. The van der Waals surface area contributed by atoms with E-state index < -0.39 is 36.5 Å². The van der Waals surface area contributed by atoms with Crippen molar-refractivity contribution in [3.63, 3.8) is 0 Å². The van der Waals surface area contributed by atoms with Crippen LogP contribution >= 0.6 is 22.9 Å². The summed E-state index contributed by atoms with van der Waals surface area (Å²) in [5.41, 5.74) is 1.46. The Morgan fingerprint density at radius 2 is 1.83 bits per heavy atom. The predicted molar refractivity (Wildman–Crippen MR) is 150 cm³/mol. The Bertz CT molecular complexity index is 1490. The minimum Gasteiger partial charge on any atom is -0.493 e. The number of aromatic nitrogens is 1. The number of carbonyl (C=O) groups is 1. The van der Waals surface area contributed by atoms with Crippen molar-refractivity contribution in [3.8, 4) is 22.1 Å². The number of carbonyl (C=O) groups excluding carboxylic acids is 1. The van der Waals surface area contributed by atoms with E-state index in [-0.39, 0.29) is 12.2 Å². The molecule has 0 radical (unpaired) electrons. The molecule has 0 amide bonds. The smallest absolute Gasteiger partial charge is 0.338 e. The highest BCUT2D eigenvalue weighted by atomic mass is 35.5. The maximum absolute atomic E-state index is 12.7. The molecule has 2 aromatic carbocycles. The zero-order valence-corrected chi connectivity index (χ0v) is 23.7. The van der Waals surface area contributed by atoms with E-state index in [1.807, 2.05) is 6.07 Å². The lowest BCUT2D eigenvalue weighted by molar-refractivity contribution is -0.231. The van der Waals surface area contributed by atoms with Crippen molar-refractivity contribution >= 4 is 28.9 Å². The predicted octanol–water partition coefficient (Wildman–Crippen LogP) is 4.04. The number of nitrogens with zero attached hydrogens (tertiary/aromatic N) is 1. The van der Waals surface area contributed by atoms with Crippen molar-refractivity contribution in [3.05, 3.63) is 87.7 Å². The van der Waals surface area contributed by atoms with Crippen LogP contribution in [0, 0.1) is 0 Å². The van der Waals surface area contributed by atoms with Crippen LogP contribution in [0.4, 0.5) is 0 Å². The van der Waals surface area contributed by atoms with Crippen LogP contribution in [0.1, 0.15) is 32.6 Å².